The molecule has 8 rings (SSSR count). The molecule has 0 aromatic rings. The van der Waals surface area contributed by atoms with Gasteiger partial charge in [-0.1, -0.05) is 87.0 Å². The molecule has 8 aliphatic rings. The average Bonchev–Trinajstić information content (AvgIpc) is 0.839. The maximum Gasteiger partial charge on any atom is 0.410 e. The van der Waals surface area contributed by atoms with Gasteiger partial charge in [0.1, 0.15) is 11.7 Å². The Morgan fingerprint density at radius 1 is 0.265 bits per heavy atom. The van der Waals surface area contributed by atoms with Crippen LogP contribution in [0.15, 0.2) is 0 Å². The lowest BCUT2D eigenvalue weighted by molar-refractivity contribution is 0.0163. The Bertz CT molecular complexity index is 2490. The van der Waals surface area contributed by atoms with E-state index in [0.717, 1.165) is 267 Å². The topological polar surface area (TPSA) is 262 Å². The van der Waals surface area contributed by atoms with Gasteiger partial charge in [-0.05, 0) is 136 Å². The molecule has 0 aromatic heterocycles. The second-order valence-electron chi connectivity index (χ2n) is 32.4. The molecule has 8 aliphatic heterocycles. The quantitative estimate of drug-likeness (QED) is 0.0860. The fourth-order valence-electron chi connectivity index (χ4n) is 11.2. The minimum Gasteiger partial charge on any atom is -0.449 e. The van der Waals surface area contributed by atoms with Crippen molar-refractivity contribution >= 4 is 48.7 Å². The Morgan fingerprint density at radius 3 is 0.743 bits per heavy atom. The van der Waals surface area contributed by atoms with Crippen LogP contribution in [0.5, 0.6) is 0 Å². The van der Waals surface area contributed by atoms with Crippen LogP contribution in [-0.2, 0) is 37.9 Å². The lowest BCUT2D eigenvalue weighted by Crippen LogP contribution is -2.48. The van der Waals surface area contributed by atoms with E-state index in [2.05, 4.69) is 116 Å². The van der Waals surface area contributed by atoms with E-state index < -0.39 is 0 Å². The molecule has 0 bridgehead atoms. The van der Waals surface area contributed by atoms with Crippen molar-refractivity contribution in [2.45, 2.75) is 178 Å². The summed E-state index contributed by atoms with van der Waals surface area (Å²) in [6.45, 7) is 56.2. The number of ether oxygens (including phenoxy) is 8. The number of hydrogen-bond acceptors (Lipinski definition) is 24. The van der Waals surface area contributed by atoms with Gasteiger partial charge in [-0.2, -0.15) is 0 Å². The molecule has 8 heterocycles. The summed E-state index contributed by atoms with van der Waals surface area (Å²) in [5.74, 6) is 0.409. The standard InChI is InChI=1S/C12H24N2O2.C11H22N2O2.4C10H20N2O2.2C9H18N2O2/c1-3-4-5-6-11-16-12(15)14-9-7-13(2)8-10-14;1-3-4-5-10-15-11(14)13-8-6-12(2)7-9-13;1-10(2,3)14-9(13)12-7-5-11(4)6-8-12;1-9(2)8-14-10(13)12-6-4-11(3)5-7-12;1-4-9(2)14-10(13)12-7-5-11(3)6-8-12;1-3-4-9-14-10(13)12-7-5-11(2)6-8-12;1-8(2)13-9(12)11-6-4-10(3)5-7-11;1-3-8-13-9(12)11-6-4-10(2)5-7-11/h3-11H2,1-2H3;3-10H2,1-2H3;5-8H2,1-4H3;2*9H,4-8H2,1-3H3;3-9H2,1-2H3;8H,4-7H2,1-3H3;3-8H2,1-2H3. The van der Waals surface area contributed by atoms with Crippen LogP contribution in [0.25, 0.3) is 0 Å². The number of carbonyl (C=O) groups excluding carboxylic acids is 8. The van der Waals surface area contributed by atoms with E-state index in [0.29, 0.717) is 39.0 Å². The SMILES string of the molecule is CC(C)COC(=O)N1CCN(C)CC1.CC(C)OC(=O)N1CCN(C)CC1.CCC(C)OC(=O)N1CCN(C)CC1.CCCCCCOC(=O)N1CCN(C)CC1.CCCCCOC(=O)N1CCN(C)CC1.CCCCOC(=O)N1CCN(C)CC1.CCCOC(=O)N1CCN(C)CC1.CN1CCN(C(=O)OC(C)(C)C)CC1. The lowest BCUT2D eigenvalue weighted by Gasteiger charge is -2.33. The summed E-state index contributed by atoms with van der Waals surface area (Å²) in [6, 6.07) is 0. The second kappa shape index (κ2) is 62.1. The number of carbonyl (C=O) groups is 8. The predicted octanol–water partition coefficient (Wildman–Crippen LogP) is 9.61. The third-order valence-electron chi connectivity index (χ3n) is 19.6. The van der Waals surface area contributed by atoms with Crippen molar-refractivity contribution in [1.82, 2.24) is 78.4 Å². The Kier molecular flexibility index (Phi) is 57.6. The molecular weight excluding hydrogens is 1450 g/mol. The maximum absolute atomic E-state index is 11.6. The molecule has 8 amide bonds. The van der Waals surface area contributed by atoms with E-state index >= 15 is 0 Å². The molecule has 0 radical (unpaired) electrons. The third kappa shape index (κ3) is 52.2. The van der Waals surface area contributed by atoms with Crippen molar-refractivity contribution in [2.24, 2.45) is 5.92 Å². The zero-order valence-corrected chi connectivity index (χ0v) is 74.9. The van der Waals surface area contributed by atoms with Gasteiger partial charge in [0, 0.05) is 209 Å². The summed E-state index contributed by atoms with van der Waals surface area (Å²) in [4.78, 5) is 124. The van der Waals surface area contributed by atoms with Crippen molar-refractivity contribution < 1.29 is 76.3 Å². The number of amides is 8. The first-order valence-electron chi connectivity index (χ1n) is 42.6. The summed E-state index contributed by atoms with van der Waals surface area (Å²) in [7, 11) is 16.5. The molecule has 0 aliphatic carbocycles. The first kappa shape index (κ1) is 105. The molecule has 662 valence electrons. The van der Waals surface area contributed by atoms with Crippen LogP contribution >= 0.6 is 0 Å². The van der Waals surface area contributed by atoms with Gasteiger partial charge >= 0.3 is 48.7 Å². The van der Waals surface area contributed by atoms with Gasteiger partial charge in [-0.15, -0.1) is 0 Å². The average molecular weight is 1620 g/mol. The largest absolute Gasteiger partial charge is 0.449 e. The molecule has 1 unspecified atom stereocenters. The van der Waals surface area contributed by atoms with Crippen LogP contribution < -0.4 is 0 Å². The van der Waals surface area contributed by atoms with Crippen LogP contribution in [-0.4, -0.2) is 444 Å². The number of nitrogens with zero attached hydrogens (tertiary/aromatic N) is 16. The summed E-state index contributed by atoms with van der Waals surface area (Å²) >= 11 is 0. The summed E-state index contributed by atoms with van der Waals surface area (Å²) in [5.41, 5.74) is -0.388. The minimum absolute atomic E-state index is 0.0212. The number of piperazine rings is 8. The van der Waals surface area contributed by atoms with Crippen molar-refractivity contribution in [2.75, 3.05) is 299 Å². The van der Waals surface area contributed by atoms with Gasteiger partial charge in [-0.25, -0.2) is 38.4 Å². The molecule has 0 saturated carbocycles. The van der Waals surface area contributed by atoms with Gasteiger partial charge in [0.25, 0.3) is 0 Å². The molecule has 0 aromatic carbocycles. The molecule has 32 heteroatoms. The van der Waals surface area contributed by atoms with Gasteiger partial charge in [0.15, 0.2) is 0 Å². The third-order valence-corrected chi connectivity index (χ3v) is 19.6. The fourth-order valence-corrected chi connectivity index (χ4v) is 11.2. The summed E-state index contributed by atoms with van der Waals surface area (Å²) < 4.78 is 41.3. The smallest absolute Gasteiger partial charge is 0.410 e. The predicted molar refractivity (Wildman–Crippen MR) is 447 cm³/mol. The van der Waals surface area contributed by atoms with Gasteiger partial charge in [0.2, 0.25) is 0 Å². The number of likely N-dealkylation sites (N-methyl/N-ethyl adjacent to an activating group) is 8. The molecule has 1 atom stereocenters. The first-order valence-corrected chi connectivity index (χ1v) is 42.6. The van der Waals surface area contributed by atoms with Crippen LogP contribution in [0, 0.1) is 5.92 Å². The molecule has 0 spiro atoms. The second-order valence-corrected chi connectivity index (χ2v) is 32.4. The maximum atomic E-state index is 11.6. The summed E-state index contributed by atoms with van der Waals surface area (Å²) in [6.07, 6.45) is 10.4. The summed E-state index contributed by atoms with van der Waals surface area (Å²) in [5, 5.41) is 0. The zero-order valence-electron chi connectivity index (χ0n) is 74.9. The van der Waals surface area contributed by atoms with Crippen molar-refractivity contribution in [1.29, 1.82) is 0 Å². The first-order chi connectivity index (χ1) is 53.6. The van der Waals surface area contributed by atoms with Gasteiger partial charge in [0.05, 0.1) is 39.1 Å². The van der Waals surface area contributed by atoms with E-state index in [1.807, 2.05) is 69.2 Å². The Labute approximate surface area is 683 Å². The van der Waals surface area contributed by atoms with E-state index in [1.165, 1.54) is 12.8 Å². The van der Waals surface area contributed by atoms with E-state index in [9.17, 15) is 38.4 Å². The lowest BCUT2D eigenvalue weighted by atomic mass is 10.2. The van der Waals surface area contributed by atoms with Crippen molar-refractivity contribution in [3.8, 4) is 0 Å². The highest BCUT2D eigenvalue weighted by atomic mass is 16.6. The van der Waals surface area contributed by atoms with Gasteiger partial charge < -0.3 is 116 Å². The molecule has 0 N–H and O–H groups in total. The minimum atomic E-state index is -0.388. The van der Waals surface area contributed by atoms with Crippen molar-refractivity contribution in [3.05, 3.63) is 0 Å². The Hall–Kier alpha value is -6.16. The number of unbranched alkanes of at least 4 members (excludes halogenated alkanes) is 6. The number of rotatable bonds is 19. The van der Waals surface area contributed by atoms with Crippen LogP contribution in [0.1, 0.15) is 161 Å². The fraction of sp³-hybridized carbons (Fsp3) is 0.901. The highest BCUT2D eigenvalue weighted by molar-refractivity contribution is 5.71. The number of hydrogen-bond donors (Lipinski definition) is 0. The monoisotopic (exact) mass is 1620 g/mol. The van der Waals surface area contributed by atoms with Crippen LogP contribution in [0.3, 0.4) is 0 Å². The van der Waals surface area contributed by atoms with Crippen molar-refractivity contribution in [3.63, 3.8) is 0 Å². The Morgan fingerprint density at radius 2 is 0.496 bits per heavy atom. The van der Waals surface area contributed by atoms with Crippen LogP contribution in [0.4, 0.5) is 38.4 Å². The van der Waals surface area contributed by atoms with E-state index in [1.54, 1.807) is 39.2 Å². The van der Waals surface area contributed by atoms with E-state index in [4.69, 9.17) is 37.9 Å². The zero-order chi connectivity index (χ0) is 84.7. The molecule has 32 nitrogen and oxygen atoms in total. The molecule has 8 fully saturated rings. The molecular formula is C81H162N16O16. The normalized spacial score (nSPS) is 18.8. The highest BCUT2D eigenvalue weighted by Crippen LogP contribution is 2.14. The van der Waals surface area contributed by atoms with E-state index in [-0.39, 0.29) is 66.6 Å². The van der Waals surface area contributed by atoms with Gasteiger partial charge in [-0.3, -0.25) is 0 Å². The molecule has 113 heavy (non-hydrogen) atoms. The van der Waals surface area contributed by atoms with Crippen LogP contribution in [0.2, 0.25) is 0 Å². The highest BCUT2D eigenvalue weighted by Gasteiger charge is 2.28. The Balaban J connectivity index is 0.000000646. The molecule has 8 saturated heterocycles.